The number of ether oxygens (including phenoxy) is 2. The van der Waals surface area contributed by atoms with Crippen LogP contribution < -0.4 is 4.74 Å². The highest BCUT2D eigenvalue weighted by Crippen LogP contribution is 2.38. The number of nitro benzene ring substituents is 1. The summed E-state index contributed by atoms with van der Waals surface area (Å²) in [5.74, 6) is 0.111. The molecule has 10 heteroatoms. The molecule has 0 radical (unpaired) electrons. The molecule has 0 amide bonds. The lowest BCUT2D eigenvalue weighted by Crippen LogP contribution is -2.40. The van der Waals surface area contributed by atoms with E-state index in [1.807, 2.05) is 19.9 Å². The van der Waals surface area contributed by atoms with Crippen LogP contribution in [0.2, 0.25) is 13.1 Å². The molecule has 0 aliphatic rings. The molecule has 0 aliphatic carbocycles. The van der Waals surface area contributed by atoms with Gasteiger partial charge in [-0.05, 0) is 48.7 Å². The summed E-state index contributed by atoms with van der Waals surface area (Å²) in [6.07, 6.45) is -0.388. The summed E-state index contributed by atoms with van der Waals surface area (Å²) in [5.41, 5.74) is 2.97. The van der Waals surface area contributed by atoms with Crippen molar-refractivity contribution in [2.45, 2.75) is 59.1 Å². The Morgan fingerprint density at radius 2 is 1.67 bits per heavy atom. The number of esters is 1. The summed E-state index contributed by atoms with van der Waals surface area (Å²) in [5, 5.41) is 10.8. The molecular weight excluding hydrogens is 458 g/mol. The van der Waals surface area contributed by atoms with E-state index in [0.717, 1.165) is 11.1 Å². The van der Waals surface area contributed by atoms with E-state index < -0.39 is 35.8 Å². The van der Waals surface area contributed by atoms with Gasteiger partial charge in [-0.25, -0.2) is 4.79 Å². The lowest BCUT2D eigenvalue weighted by Gasteiger charge is -2.36. The standard InChI is InChI=1S/C23H33NO7Si2/c1-14-18(23(3,4)22(30-32-6)31-33-7)12-19(28-5)15(2)20(14)21(25)29-13-16-8-10-17(11-9-16)24(26)27/h8-12,22H,13,32-33H2,1-7H3. The first kappa shape index (κ1) is 26.7. The molecule has 33 heavy (non-hydrogen) atoms. The molecule has 0 fully saturated rings. The Balaban J connectivity index is 2.41. The van der Waals surface area contributed by atoms with Crippen molar-refractivity contribution in [3.8, 4) is 5.75 Å². The minimum Gasteiger partial charge on any atom is -0.496 e. The number of carbonyl (C=O) groups excluding carboxylic acids is 1. The number of hydrogen-bond acceptors (Lipinski definition) is 7. The van der Waals surface area contributed by atoms with Crippen molar-refractivity contribution in [1.82, 2.24) is 0 Å². The molecule has 0 aromatic heterocycles. The first-order valence-corrected chi connectivity index (χ1v) is 14.9. The quantitative estimate of drug-likeness (QED) is 0.156. The van der Waals surface area contributed by atoms with E-state index >= 15 is 0 Å². The van der Waals surface area contributed by atoms with Crippen molar-refractivity contribution in [2.75, 3.05) is 7.11 Å². The second-order valence-corrected chi connectivity index (χ2v) is 10.0. The molecule has 8 nitrogen and oxygen atoms in total. The van der Waals surface area contributed by atoms with Crippen LogP contribution in [0.5, 0.6) is 5.75 Å². The Morgan fingerprint density at radius 1 is 1.09 bits per heavy atom. The molecule has 180 valence electrons. The summed E-state index contributed by atoms with van der Waals surface area (Å²) in [4.78, 5) is 23.5. The third-order valence-electron chi connectivity index (χ3n) is 5.66. The monoisotopic (exact) mass is 491 g/mol. The fraction of sp³-hybridized carbons (Fsp3) is 0.435. The van der Waals surface area contributed by atoms with Gasteiger partial charge in [0.05, 0.1) is 17.6 Å². The van der Waals surface area contributed by atoms with Gasteiger partial charge in [0.25, 0.3) is 5.69 Å². The number of methoxy groups -OCH3 is 1. The zero-order chi connectivity index (χ0) is 24.8. The van der Waals surface area contributed by atoms with Gasteiger partial charge in [0.2, 0.25) is 0 Å². The molecule has 0 bridgehead atoms. The summed E-state index contributed by atoms with van der Waals surface area (Å²) >= 11 is 0. The Hall–Kier alpha value is -2.54. The minimum absolute atomic E-state index is 0.00333. The maximum absolute atomic E-state index is 13.2. The van der Waals surface area contributed by atoms with E-state index in [4.69, 9.17) is 18.3 Å². The van der Waals surface area contributed by atoms with Gasteiger partial charge in [0.15, 0.2) is 19.5 Å². The van der Waals surface area contributed by atoms with E-state index in [-0.39, 0.29) is 18.6 Å². The predicted octanol–water partition coefficient (Wildman–Crippen LogP) is 3.48. The maximum Gasteiger partial charge on any atom is 0.339 e. The van der Waals surface area contributed by atoms with Crippen molar-refractivity contribution in [3.05, 3.63) is 68.3 Å². The van der Waals surface area contributed by atoms with Crippen LogP contribution in [0.4, 0.5) is 5.69 Å². The zero-order valence-corrected chi connectivity index (χ0v) is 23.2. The molecule has 0 aliphatic heterocycles. The van der Waals surface area contributed by atoms with Gasteiger partial charge in [0, 0.05) is 23.1 Å². The lowest BCUT2D eigenvalue weighted by atomic mass is 9.79. The number of nitrogens with zero attached hydrogens (tertiary/aromatic N) is 1. The highest BCUT2D eigenvalue weighted by molar-refractivity contribution is 6.26. The second-order valence-electron chi connectivity index (χ2n) is 8.22. The Morgan fingerprint density at radius 3 is 2.15 bits per heavy atom. The Labute approximate surface area is 199 Å². The minimum atomic E-state index is -0.713. The van der Waals surface area contributed by atoms with Crippen molar-refractivity contribution in [2.24, 2.45) is 0 Å². The number of non-ortho nitro benzene ring substituents is 1. The van der Waals surface area contributed by atoms with E-state index in [2.05, 4.69) is 26.9 Å². The molecule has 0 spiro atoms. The molecule has 2 rings (SSSR count). The molecule has 0 unspecified atom stereocenters. The van der Waals surface area contributed by atoms with Crippen LogP contribution in [0.3, 0.4) is 0 Å². The molecule has 2 aromatic rings. The van der Waals surface area contributed by atoms with Gasteiger partial charge < -0.3 is 18.3 Å². The molecule has 2 aromatic carbocycles. The third kappa shape index (κ3) is 6.08. The fourth-order valence-corrected chi connectivity index (χ4v) is 5.73. The number of benzene rings is 2. The van der Waals surface area contributed by atoms with Crippen LogP contribution in [0.1, 0.15) is 46.5 Å². The third-order valence-corrected chi connectivity index (χ3v) is 6.93. The molecular formula is C23H33NO7Si2. The van der Waals surface area contributed by atoms with E-state index in [1.54, 1.807) is 19.2 Å². The molecule has 0 saturated carbocycles. The normalized spacial score (nSPS) is 13.1. The van der Waals surface area contributed by atoms with E-state index in [9.17, 15) is 14.9 Å². The van der Waals surface area contributed by atoms with Crippen molar-refractivity contribution in [1.29, 1.82) is 0 Å². The smallest absolute Gasteiger partial charge is 0.339 e. The van der Waals surface area contributed by atoms with Crippen molar-refractivity contribution < 1.29 is 28.0 Å². The van der Waals surface area contributed by atoms with Gasteiger partial charge in [-0.2, -0.15) is 0 Å². The lowest BCUT2D eigenvalue weighted by molar-refractivity contribution is -0.384. The highest BCUT2D eigenvalue weighted by Gasteiger charge is 2.36. The van der Waals surface area contributed by atoms with Gasteiger partial charge in [-0.3, -0.25) is 10.1 Å². The highest BCUT2D eigenvalue weighted by atomic mass is 28.2. The number of rotatable bonds is 11. The fourth-order valence-electron chi connectivity index (χ4n) is 3.90. The topological polar surface area (TPSA) is 97.1 Å². The molecule has 0 N–H and O–H groups in total. The zero-order valence-electron chi connectivity index (χ0n) is 20.4. The average molecular weight is 492 g/mol. The van der Waals surface area contributed by atoms with Gasteiger partial charge in [0.1, 0.15) is 18.6 Å². The van der Waals surface area contributed by atoms with E-state index in [1.165, 1.54) is 12.1 Å². The molecule has 0 heterocycles. The first-order valence-electron chi connectivity index (χ1n) is 10.9. The van der Waals surface area contributed by atoms with Crippen LogP contribution in [0.25, 0.3) is 0 Å². The first-order chi connectivity index (χ1) is 15.6. The van der Waals surface area contributed by atoms with Gasteiger partial charge >= 0.3 is 5.97 Å². The average Bonchev–Trinajstić information content (AvgIpc) is 2.77. The van der Waals surface area contributed by atoms with Crippen LogP contribution in [-0.2, 0) is 25.6 Å². The molecule has 0 atom stereocenters. The summed E-state index contributed by atoms with van der Waals surface area (Å²) in [6.45, 7) is 12.0. The van der Waals surface area contributed by atoms with Crippen LogP contribution >= 0.6 is 0 Å². The van der Waals surface area contributed by atoms with Gasteiger partial charge in [-0.15, -0.1) is 0 Å². The van der Waals surface area contributed by atoms with Gasteiger partial charge in [-0.1, -0.05) is 26.9 Å². The van der Waals surface area contributed by atoms with Crippen LogP contribution in [0.15, 0.2) is 30.3 Å². The van der Waals surface area contributed by atoms with Crippen LogP contribution in [0, 0.1) is 24.0 Å². The summed E-state index contributed by atoms with van der Waals surface area (Å²) in [6, 6.07) is 7.88. The summed E-state index contributed by atoms with van der Waals surface area (Å²) < 4.78 is 23.3. The second kappa shape index (κ2) is 11.5. The Kier molecular flexibility index (Phi) is 9.35. The number of hydrogen-bond donors (Lipinski definition) is 0. The molecule has 0 saturated heterocycles. The summed E-state index contributed by atoms with van der Waals surface area (Å²) in [7, 11) is 0.147. The number of carbonyl (C=O) groups is 1. The van der Waals surface area contributed by atoms with E-state index in [0.29, 0.717) is 22.4 Å². The number of nitro groups is 1. The SMILES string of the molecule is COc1cc(C(C)(C)C(O[SiH2]C)O[SiH2]C)c(C)c(C(=O)OCc2ccc([N+](=O)[O-])cc2)c1C. The van der Waals surface area contributed by atoms with Crippen molar-refractivity contribution in [3.63, 3.8) is 0 Å². The predicted molar refractivity (Wildman–Crippen MR) is 132 cm³/mol. The van der Waals surface area contributed by atoms with Crippen molar-refractivity contribution >= 4 is 31.2 Å². The van der Waals surface area contributed by atoms with Crippen LogP contribution in [-0.4, -0.2) is 43.8 Å². The largest absolute Gasteiger partial charge is 0.496 e. The maximum atomic E-state index is 13.2. The Bertz CT molecular complexity index is 987.